The minimum Gasteiger partial charge on any atom is -0.481 e. The van der Waals surface area contributed by atoms with Crippen molar-refractivity contribution in [2.75, 3.05) is 26.8 Å². The third kappa shape index (κ3) is 5.43. The molecule has 3 N–H and O–H groups in total. The SMILES string of the molecule is CN(CC1CCOCC1)C(=O)N[C@@H](CC(=O)O)C(=O)O. The van der Waals surface area contributed by atoms with Gasteiger partial charge in [-0.1, -0.05) is 0 Å². The van der Waals surface area contributed by atoms with Crippen molar-refractivity contribution in [3.63, 3.8) is 0 Å². The number of nitrogens with one attached hydrogen (secondary N) is 1. The summed E-state index contributed by atoms with van der Waals surface area (Å²) in [6.45, 7) is 1.82. The molecule has 1 aliphatic heterocycles. The quantitative estimate of drug-likeness (QED) is 0.632. The van der Waals surface area contributed by atoms with E-state index in [1.165, 1.54) is 4.90 Å². The number of ether oxygens (including phenoxy) is 1. The highest BCUT2D eigenvalue weighted by Gasteiger charge is 2.25. The van der Waals surface area contributed by atoms with E-state index in [1.54, 1.807) is 7.05 Å². The molecule has 1 heterocycles. The number of aliphatic carboxylic acids is 2. The molecule has 20 heavy (non-hydrogen) atoms. The molecule has 0 radical (unpaired) electrons. The predicted molar refractivity (Wildman–Crippen MR) is 68.4 cm³/mol. The molecule has 1 rings (SSSR count). The minimum absolute atomic E-state index is 0.322. The molecule has 0 bridgehead atoms. The van der Waals surface area contributed by atoms with E-state index in [9.17, 15) is 14.4 Å². The topological polar surface area (TPSA) is 116 Å². The van der Waals surface area contributed by atoms with E-state index in [0.717, 1.165) is 12.8 Å². The maximum Gasteiger partial charge on any atom is 0.326 e. The fraction of sp³-hybridized carbons (Fsp3) is 0.750. The Balaban J connectivity index is 2.45. The van der Waals surface area contributed by atoms with Gasteiger partial charge in [0, 0.05) is 26.8 Å². The average molecular weight is 288 g/mol. The Bertz CT molecular complexity index is 367. The molecule has 114 valence electrons. The van der Waals surface area contributed by atoms with Crippen molar-refractivity contribution >= 4 is 18.0 Å². The molecule has 0 unspecified atom stereocenters. The van der Waals surface area contributed by atoms with Crippen LogP contribution < -0.4 is 5.32 Å². The summed E-state index contributed by atoms with van der Waals surface area (Å²) in [5.41, 5.74) is 0. The lowest BCUT2D eigenvalue weighted by Crippen LogP contribution is -2.48. The Morgan fingerprint density at radius 1 is 1.30 bits per heavy atom. The first-order chi connectivity index (χ1) is 9.40. The number of hydrogen-bond donors (Lipinski definition) is 3. The number of carboxylic acid groups (broad SMARTS) is 2. The molecule has 0 aromatic heterocycles. The number of rotatable bonds is 6. The molecule has 0 saturated carbocycles. The van der Waals surface area contributed by atoms with Crippen LogP contribution in [0.4, 0.5) is 4.79 Å². The van der Waals surface area contributed by atoms with Crippen LogP contribution in [0.5, 0.6) is 0 Å². The molecule has 1 fully saturated rings. The van der Waals surface area contributed by atoms with Gasteiger partial charge in [-0.15, -0.1) is 0 Å². The molecule has 1 atom stereocenters. The van der Waals surface area contributed by atoms with E-state index in [0.29, 0.717) is 25.7 Å². The first kappa shape index (κ1) is 16.2. The van der Waals surface area contributed by atoms with Crippen molar-refractivity contribution in [1.29, 1.82) is 0 Å². The lowest BCUT2D eigenvalue weighted by atomic mass is 10.00. The number of urea groups is 1. The third-order valence-electron chi connectivity index (χ3n) is 3.19. The summed E-state index contributed by atoms with van der Waals surface area (Å²) in [5, 5.41) is 19.7. The monoisotopic (exact) mass is 288 g/mol. The van der Waals surface area contributed by atoms with Crippen LogP contribution in [-0.2, 0) is 14.3 Å². The zero-order chi connectivity index (χ0) is 15.1. The average Bonchev–Trinajstić information content (AvgIpc) is 2.38. The maximum absolute atomic E-state index is 11.8. The minimum atomic E-state index is -1.42. The molecule has 2 amide bonds. The van der Waals surface area contributed by atoms with Gasteiger partial charge in [0.15, 0.2) is 0 Å². The Morgan fingerprint density at radius 3 is 2.40 bits per heavy atom. The van der Waals surface area contributed by atoms with Crippen molar-refractivity contribution in [3.05, 3.63) is 0 Å². The summed E-state index contributed by atoms with van der Waals surface area (Å²) >= 11 is 0. The summed E-state index contributed by atoms with van der Waals surface area (Å²) in [5.74, 6) is -2.31. The van der Waals surface area contributed by atoms with E-state index in [4.69, 9.17) is 14.9 Å². The van der Waals surface area contributed by atoms with Gasteiger partial charge in [-0.3, -0.25) is 4.79 Å². The largest absolute Gasteiger partial charge is 0.481 e. The number of nitrogens with zero attached hydrogens (tertiary/aromatic N) is 1. The van der Waals surface area contributed by atoms with Gasteiger partial charge >= 0.3 is 18.0 Å². The Kier molecular flexibility index (Phi) is 6.23. The summed E-state index contributed by atoms with van der Waals surface area (Å²) < 4.78 is 5.22. The van der Waals surface area contributed by atoms with E-state index < -0.39 is 30.4 Å². The normalized spacial score (nSPS) is 17.2. The first-order valence-electron chi connectivity index (χ1n) is 6.44. The van der Waals surface area contributed by atoms with Crippen molar-refractivity contribution in [1.82, 2.24) is 10.2 Å². The van der Waals surface area contributed by atoms with Crippen LogP contribution in [0.15, 0.2) is 0 Å². The van der Waals surface area contributed by atoms with Gasteiger partial charge in [0.1, 0.15) is 6.04 Å². The van der Waals surface area contributed by atoms with E-state index in [1.807, 2.05) is 0 Å². The Morgan fingerprint density at radius 2 is 1.90 bits per heavy atom. The molecule has 1 saturated heterocycles. The predicted octanol–water partition coefficient (Wildman–Crippen LogP) is -0.0177. The van der Waals surface area contributed by atoms with Crippen molar-refractivity contribution in [2.45, 2.75) is 25.3 Å². The molecule has 8 heteroatoms. The molecule has 0 aromatic carbocycles. The second-order valence-electron chi connectivity index (χ2n) is 4.87. The number of carbonyl (C=O) groups is 3. The Hall–Kier alpha value is -1.83. The number of amides is 2. The van der Waals surface area contributed by atoms with Gasteiger partial charge in [-0.25, -0.2) is 9.59 Å². The van der Waals surface area contributed by atoms with Gasteiger partial charge in [0.05, 0.1) is 6.42 Å². The van der Waals surface area contributed by atoms with Gasteiger partial charge < -0.3 is 25.2 Å². The van der Waals surface area contributed by atoms with Crippen LogP contribution in [-0.4, -0.2) is 65.9 Å². The smallest absolute Gasteiger partial charge is 0.326 e. The van der Waals surface area contributed by atoms with Crippen LogP contribution in [0.25, 0.3) is 0 Å². The Labute approximate surface area is 116 Å². The van der Waals surface area contributed by atoms with Crippen LogP contribution in [0.2, 0.25) is 0 Å². The van der Waals surface area contributed by atoms with E-state index >= 15 is 0 Å². The van der Waals surface area contributed by atoms with Gasteiger partial charge in [0.2, 0.25) is 0 Å². The molecular weight excluding hydrogens is 268 g/mol. The highest BCUT2D eigenvalue weighted by molar-refractivity contribution is 5.86. The molecule has 0 aliphatic carbocycles. The standard InChI is InChI=1S/C12H20N2O6/c1-14(7-8-2-4-20-5-3-8)12(19)13-9(11(17)18)6-10(15)16/h8-9H,2-7H2,1H3,(H,13,19)(H,15,16)(H,17,18)/t9-/m0/s1. The van der Waals surface area contributed by atoms with Crippen LogP contribution in [0, 0.1) is 5.92 Å². The fourth-order valence-electron chi connectivity index (χ4n) is 2.03. The zero-order valence-corrected chi connectivity index (χ0v) is 11.4. The van der Waals surface area contributed by atoms with Crippen LogP contribution in [0.1, 0.15) is 19.3 Å². The maximum atomic E-state index is 11.8. The molecule has 0 spiro atoms. The first-order valence-corrected chi connectivity index (χ1v) is 6.44. The number of carboxylic acids is 2. The van der Waals surface area contributed by atoms with Crippen LogP contribution >= 0.6 is 0 Å². The third-order valence-corrected chi connectivity index (χ3v) is 3.19. The van der Waals surface area contributed by atoms with Crippen molar-refractivity contribution in [2.24, 2.45) is 5.92 Å². The fourth-order valence-corrected chi connectivity index (χ4v) is 2.03. The van der Waals surface area contributed by atoms with Gasteiger partial charge in [-0.2, -0.15) is 0 Å². The van der Waals surface area contributed by atoms with Crippen molar-refractivity contribution in [3.8, 4) is 0 Å². The lowest BCUT2D eigenvalue weighted by molar-refractivity contribution is -0.145. The lowest BCUT2D eigenvalue weighted by Gasteiger charge is -2.28. The zero-order valence-electron chi connectivity index (χ0n) is 11.4. The van der Waals surface area contributed by atoms with E-state index in [-0.39, 0.29) is 0 Å². The highest BCUT2D eigenvalue weighted by atomic mass is 16.5. The highest BCUT2D eigenvalue weighted by Crippen LogP contribution is 2.15. The molecule has 8 nitrogen and oxygen atoms in total. The molecule has 1 aliphatic rings. The second-order valence-corrected chi connectivity index (χ2v) is 4.87. The van der Waals surface area contributed by atoms with E-state index in [2.05, 4.69) is 5.32 Å². The summed E-state index contributed by atoms with van der Waals surface area (Å²) in [7, 11) is 1.56. The molecule has 0 aromatic rings. The number of carbonyl (C=O) groups excluding carboxylic acids is 1. The van der Waals surface area contributed by atoms with Gasteiger partial charge in [0.25, 0.3) is 0 Å². The van der Waals surface area contributed by atoms with Crippen molar-refractivity contribution < 1.29 is 29.3 Å². The summed E-state index contributed by atoms with van der Waals surface area (Å²) in [6, 6.07) is -2.00. The van der Waals surface area contributed by atoms with Gasteiger partial charge in [-0.05, 0) is 18.8 Å². The summed E-state index contributed by atoms with van der Waals surface area (Å²) in [4.78, 5) is 34.6. The second kappa shape index (κ2) is 7.68. The summed E-state index contributed by atoms with van der Waals surface area (Å²) in [6.07, 6.45) is 1.07. The van der Waals surface area contributed by atoms with Crippen LogP contribution in [0.3, 0.4) is 0 Å². The molecular formula is C12H20N2O6. The number of hydrogen-bond acceptors (Lipinski definition) is 4.